The number of amides is 3. The van der Waals surface area contributed by atoms with Gasteiger partial charge in [0.05, 0.1) is 30.6 Å². The third-order valence-corrected chi connectivity index (χ3v) is 11.7. The number of hydrogen-bond acceptors (Lipinski definition) is 8. The number of carbonyl (C=O) groups is 4. The summed E-state index contributed by atoms with van der Waals surface area (Å²) in [4.78, 5) is 60.5. The standard InChI is InChI=1S/C42H54BrN3O8/c1-6-8-18-33(48)44-31(26-52-5)36(29-16-12-11-13-17-29)53-41(51)34-35-39(49)46(22-14-9-10-15-23-47)38(42(35)25-30(43)37(34)54-42)40(50)45(21-7-2)32-24-27(3)19-20-28(32)4/h6-7,11-13,16-17,19-20,24,30-31,34-38,47H,1-2,8-10,14-15,18,21-23,25-26H2,3-5H3,(H,44,48)/t30?,31-,34-,35+,36-,37-,38-,42+/m1/s1. The molecule has 0 radical (unpaired) electrons. The minimum atomic E-state index is -1.30. The molecule has 2 bridgehead atoms. The Bertz CT molecular complexity index is 1670. The summed E-state index contributed by atoms with van der Waals surface area (Å²) < 4.78 is 18.7. The first-order chi connectivity index (χ1) is 26.0. The van der Waals surface area contributed by atoms with Gasteiger partial charge in [-0.05, 0) is 62.3 Å². The van der Waals surface area contributed by atoms with E-state index in [0.717, 1.165) is 29.7 Å². The highest BCUT2D eigenvalue weighted by molar-refractivity contribution is 9.09. The molecule has 54 heavy (non-hydrogen) atoms. The highest BCUT2D eigenvalue weighted by atomic mass is 79.9. The van der Waals surface area contributed by atoms with Crippen molar-refractivity contribution in [2.45, 2.75) is 93.5 Å². The van der Waals surface area contributed by atoms with Gasteiger partial charge in [0.25, 0.3) is 5.91 Å². The molecule has 2 aromatic carbocycles. The third-order valence-electron chi connectivity index (χ3n) is 10.8. The SMILES string of the molecule is C=CCCC(=O)N[C@H](COC)[C@H](OC(=O)[C@H]1[C@@H]2O[C@@]3(CC2Br)[C@@H]1C(=O)N(CCCCCCO)[C@@H]3C(=O)N(CC=C)c1cc(C)ccc1C)c1ccccc1. The van der Waals surface area contributed by atoms with Crippen molar-refractivity contribution in [3.05, 3.63) is 90.5 Å². The number of rotatable bonds is 20. The number of aryl methyl sites for hydroxylation is 2. The molecule has 5 rings (SSSR count). The Kier molecular flexibility index (Phi) is 14.3. The van der Waals surface area contributed by atoms with Crippen LogP contribution in [-0.2, 0) is 33.4 Å². The lowest BCUT2D eigenvalue weighted by Gasteiger charge is -2.37. The van der Waals surface area contributed by atoms with Gasteiger partial charge in [-0.15, -0.1) is 13.2 Å². The Morgan fingerprint density at radius 1 is 1.11 bits per heavy atom. The maximum atomic E-state index is 15.1. The number of aliphatic hydroxyl groups excluding tert-OH is 1. The molecular formula is C42H54BrN3O8. The zero-order chi connectivity index (χ0) is 39.0. The largest absolute Gasteiger partial charge is 0.455 e. The molecule has 0 aromatic heterocycles. The molecule has 292 valence electrons. The van der Waals surface area contributed by atoms with Crippen molar-refractivity contribution in [1.29, 1.82) is 0 Å². The average molecular weight is 809 g/mol. The molecule has 8 atom stereocenters. The summed E-state index contributed by atoms with van der Waals surface area (Å²) in [5.41, 5.74) is 1.95. The van der Waals surface area contributed by atoms with Gasteiger partial charge in [0.2, 0.25) is 11.8 Å². The first kappa shape index (κ1) is 41.3. The number of methoxy groups -OCH3 is 1. The Balaban J connectivity index is 1.53. The molecule has 3 saturated heterocycles. The van der Waals surface area contributed by atoms with Gasteiger partial charge in [-0.3, -0.25) is 19.2 Å². The van der Waals surface area contributed by atoms with Crippen molar-refractivity contribution in [3.8, 4) is 0 Å². The molecule has 0 saturated carbocycles. The molecule has 3 fully saturated rings. The molecule has 3 aliphatic rings. The fraction of sp³-hybridized carbons (Fsp3) is 0.524. The van der Waals surface area contributed by atoms with Gasteiger partial charge >= 0.3 is 5.97 Å². The number of esters is 1. The first-order valence-corrected chi connectivity index (χ1v) is 19.8. The van der Waals surface area contributed by atoms with Crippen LogP contribution in [0, 0.1) is 25.7 Å². The van der Waals surface area contributed by atoms with Crippen molar-refractivity contribution in [2.75, 3.05) is 38.3 Å². The summed E-state index contributed by atoms with van der Waals surface area (Å²) in [6.45, 7) is 12.2. The number of nitrogens with zero attached hydrogens (tertiary/aromatic N) is 2. The number of halogens is 1. The zero-order valence-electron chi connectivity index (χ0n) is 31.6. The van der Waals surface area contributed by atoms with E-state index in [1.165, 1.54) is 7.11 Å². The van der Waals surface area contributed by atoms with Crippen LogP contribution in [0.5, 0.6) is 0 Å². The van der Waals surface area contributed by atoms with Crippen LogP contribution in [0.2, 0.25) is 0 Å². The van der Waals surface area contributed by atoms with Crippen LogP contribution in [0.15, 0.2) is 73.8 Å². The van der Waals surface area contributed by atoms with E-state index in [9.17, 15) is 19.5 Å². The number of allylic oxidation sites excluding steroid dienone is 1. The van der Waals surface area contributed by atoms with Gasteiger partial charge in [-0.2, -0.15) is 0 Å². The van der Waals surface area contributed by atoms with Gasteiger partial charge in [0.15, 0.2) is 0 Å². The topological polar surface area (TPSA) is 135 Å². The van der Waals surface area contributed by atoms with Crippen LogP contribution in [0.4, 0.5) is 5.69 Å². The summed E-state index contributed by atoms with van der Waals surface area (Å²) in [6, 6.07) is 13.3. The minimum absolute atomic E-state index is 0.0583. The number of fused-ring (bicyclic) bond motifs is 1. The van der Waals surface area contributed by atoms with E-state index in [-0.39, 0.29) is 55.3 Å². The summed E-state index contributed by atoms with van der Waals surface area (Å²) in [5, 5.41) is 12.3. The second kappa shape index (κ2) is 18.7. The molecule has 12 heteroatoms. The number of nitrogens with one attached hydrogen (secondary N) is 1. The van der Waals surface area contributed by atoms with Crippen LogP contribution < -0.4 is 10.2 Å². The number of benzene rings is 2. The molecule has 2 N–H and O–H groups in total. The van der Waals surface area contributed by atoms with Crippen LogP contribution in [0.25, 0.3) is 0 Å². The normalized spacial score (nSPS) is 25.2. The van der Waals surface area contributed by atoms with Crippen LogP contribution >= 0.6 is 15.9 Å². The highest BCUT2D eigenvalue weighted by Crippen LogP contribution is 2.60. The molecule has 3 aliphatic heterocycles. The smallest absolute Gasteiger partial charge is 0.313 e. The van der Waals surface area contributed by atoms with Gasteiger partial charge in [-0.25, -0.2) is 0 Å². The third kappa shape index (κ3) is 8.51. The van der Waals surface area contributed by atoms with E-state index < -0.39 is 47.7 Å². The number of likely N-dealkylation sites (tertiary alicyclic amines) is 1. The first-order valence-electron chi connectivity index (χ1n) is 18.9. The second-order valence-electron chi connectivity index (χ2n) is 14.6. The molecule has 0 aliphatic carbocycles. The van der Waals surface area contributed by atoms with Crippen molar-refractivity contribution in [3.63, 3.8) is 0 Å². The Morgan fingerprint density at radius 3 is 2.54 bits per heavy atom. The van der Waals surface area contributed by atoms with Crippen LogP contribution in [0.3, 0.4) is 0 Å². The predicted molar refractivity (Wildman–Crippen MR) is 210 cm³/mol. The fourth-order valence-electron chi connectivity index (χ4n) is 8.39. The highest BCUT2D eigenvalue weighted by Gasteiger charge is 2.77. The quantitative estimate of drug-likeness (QED) is 0.0776. The van der Waals surface area contributed by atoms with Crippen molar-refractivity contribution < 1.29 is 38.5 Å². The monoisotopic (exact) mass is 807 g/mol. The van der Waals surface area contributed by atoms with Gasteiger partial charge in [0, 0.05) is 43.7 Å². The lowest BCUT2D eigenvalue weighted by atomic mass is 9.70. The van der Waals surface area contributed by atoms with Gasteiger partial charge < -0.3 is 34.4 Å². The molecule has 2 aromatic rings. The van der Waals surface area contributed by atoms with E-state index in [4.69, 9.17) is 14.2 Å². The average Bonchev–Trinajstić information content (AvgIpc) is 3.75. The lowest BCUT2D eigenvalue weighted by molar-refractivity contribution is -0.163. The number of hydrogen-bond donors (Lipinski definition) is 2. The Morgan fingerprint density at radius 2 is 1.85 bits per heavy atom. The van der Waals surface area contributed by atoms with Gasteiger partial charge in [0.1, 0.15) is 17.7 Å². The van der Waals surface area contributed by atoms with E-state index in [1.807, 2.05) is 62.4 Å². The van der Waals surface area contributed by atoms with Crippen molar-refractivity contribution in [2.24, 2.45) is 11.8 Å². The minimum Gasteiger partial charge on any atom is -0.455 e. The van der Waals surface area contributed by atoms with E-state index >= 15 is 4.79 Å². The fourth-order valence-corrected chi connectivity index (χ4v) is 9.33. The van der Waals surface area contributed by atoms with Crippen LogP contribution in [-0.4, -0.2) is 95.7 Å². The zero-order valence-corrected chi connectivity index (χ0v) is 33.2. The number of unbranched alkanes of at least 4 members (excludes halogenated alkanes) is 3. The van der Waals surface area contributed by atoms with Crippen LogP contribution in [0.1, 0.15) is 67.7 Å². The number of ether oxygens (including phenoxy) is 3. The molecule has 3 amide bonds. The number of alkyl halides is 1. The van der Waals surface area contributed by atoms with E-state index in [2.05, 4.69) is 34.4 Å². The maximum absolute atomic E-state index is 15.1. The Hall–Kier alpha value is -3.84. The number of anilines is 1. The van der Waals surface area contributed by atoms with E-state index in [0.29, 0.717) is 31.2 Å². The van der Waals surface area contributed by atoms with E-state index in [1.54, 1.807) is 22.0 Å². The summed E-state index contributed by atoms with van der Waals surface area (Å²) in [6.07, 6.45) is 5.47. The molecule has 3 heterocycles. The second-order valence-corrected chi connectivity index (χ2v) is 15.8. The molecule has 1 unspecified atom stereocenters. The molecule has 1 spiro atoms. The van der Waals surface area contributed by atoms with Crippen molar-refractivity contribution in [1.82, 2.24) is 10.2 Å². The number of aliphatic hydroxyl groups is 1. The molecular weight excluding hydrogens is 754 g/mol. The lowest BCUT2D eigenvalue weighted by Crippen LogP contribution is -2.57. The summed E-state index contributed by atoms with van der Waals surface area (Å²) in [5.74, 6) is -3.50. The molecule has 11 nitrogen and oxygen atoms in total. The number of carbonyl (C=O) groups excluding carboxylic acids is 4. The predicted octanol–water partition coefficient (Wildman–Crippen LogP) is 5.51. The van der Waals surface area contributed by atoms with Crippen molar-refractivity contribution >= 4 is 45.3 Å². The summed E-state index contributed by atoms with van der Waals surface area (Å²) >= 11 is 3.78. The Labute approximate surface area is 327 Å². The van der Waals surface area contributed by atoms with Gasteiger partial charge in [-0.1, -0.05) is 83.4 Å². The maximum Gasteiger partial charge on any atom is 0.313 e. The summed E-state index contributed by atoms with van der Waals surface area (Å²) in [7, 11) is 1.51.